The Balaban J connectivity index is 1.10. The smallest absolute Gasteiger partial charge is 0.0894 e. The van der Waals surface area contributed by atoms with E-state index in [1.165, 1.54) is 101 Å². The molecule has 1 aromatic carbocycles. The van der Waals surface area contributed by atoms with Crippen molar-refractivity contribution >= 4 is 0 Å². The van der Waals surface area contributed by atoms with Gasteiger partial charge in [-0.2, -0.15) is 0 Å². The van der Waals surface area contributed by atoms with E-state index in [4.69, 9.17) is 0 Å². The molecule has 0 heterocycles. The molecule has 196 valence electrons. The molecule has 3 aliphatic rings. The third-order valence-electron chi connectivity index (χ3n) is 10.3. The van der Waals surface area contributed by atoms with Gasteiger partial charge in [-0.1, -0.05) is 55.7 Å². The molecule has 0 spiro atoms. The second kappa shape index (κ2) is 14.6. The zero-order valence-corrected chi connectivity index (χ0v) is 22.7. The van der Waals surface area contributed by atoms with Gasteiger partial charge in [-0.25, -0.2) is 0 Å². The van der Waals surface area contributed by atoms with Gasteiger partial charge in [-0.3, -0.25) is 4.39 Å². The molecule has 0 atom stereocenters. The first-order chi connectivity index (χ1) is 17.2. The summed E-state index contributed by atoms with van der Waals surface area (Å²) in [4.78, 5) is 0. The lowest BCUT2D eigenvalue weighted by atomic mass is 9.65. The first kappa shape index (κ1) is 26.9. The quantitative estimate of drug-likeness (QED) is 0.218. The number of unbranched alkanes of at least 4 members (excludes halogenated alkanes) is 2. The zero-order valence-electron chi connectivity index (χ0n) is 22.7. The van der Waals surface area contributed by atoms with E-state index in [0.29, 0.717) is 0 Å². The maximum atomic E-state index is 12.2. The van der Waals surface area contributed by atoms with Crippen LogP contribution in [0.5, 0.6) is 0 Å². The number of hydrogen-bond acceptors (Lipinski definition) is 0. The van der Waals surface area contributed by atoms with Crippen molar-refractivity contribution in [3.05, 3.63) is 47.5 Å². The molecule has 0 saturated heterocycles. The van der Waals surface area contributed by atoms with Gasteiger partial charge in [-0.05, 0) is 150 Å². The van der Waals surface area contributed by atoms with Crippen molar-refractivity contribution < 1.29 is 4.39 Å². The van der Waals surface area contributed by atoms with Crippen LogP contribution in [0.4, 0.5) is 4.39 Å². The van der Waals surface area contributed by atoms with E-state index in [1.807, 2.05) is 0 Å². The Bertz CT molecular complexity index is 709. The number of benzene rings is 1. The standard InChI is InChI=1S/C34H53F/c1-2-6-27-14-18-31(19-15-27)33-22-24-34(25-23-33)32-20-16-30(17-21-32)13-12-29-10-8-28(9-11-29)7-4-3-5-26-35/h2,6,8-11,27,30-34H,3-5,7,12-26H2,1H3/b6-2-. The van der Waals surface area contributed by atoms with Gasteiger partial charge in [0, 0.05) is 0 Å². The molecule has 0 nitrogen and oxygen atoms in total. The third-order valence-corrected chi connectivity index (χ3v) is 10.3. The second-order valence-corrected chi connectivity index (χ2v) is 12.5. The van der Waals surface area contributed by atoms with E-state index in [-0.39, 0.29) is 6.67 Å². The monoisotopic (exact) mass is 480 g/mol. The van der Waals surface area contributed by atoms with Crippen LogP contribution in [-0.2, 0) is 12.8 Å². The van der Waals surface area contributed by atoms with Crippen LogP contribution in [0.1, 0.15) is 121 Å². The molecule has 1 heteroatoms. The fourth-order valence-corrected chi connectivity index (χ4v) is 7.96. The largest absolute Gasteiger partial charge is 0.251 e. The summed E-state index contributed by atoms with van der Waals surface area (Å²) in [7, 11) is 0. The highest BCUT2D eigenvalue weighted by molar-refractivity contribution is 5.22. The summed E-state index contributed by atoms with van der Waals surface area (Å²) in [6.07, 6.45) is 29.3. The lowest BCUT2D eigenvalue weighted by molar-refractivity contribution is 0.107. The van der Waals surface area contributed by atoms with E-state index >= 15 is 0 Å². The molecule has 0 unspecified atom stereocenters. The van der Waals surface area contributed by atoms with Crippen LogP contribution in [0.15, 0.2) is 36.4 Å². The van der Waals surface area contributed by atoms with Crippen LogP contribution in [-0.4, -0.2) is 6.67 Å². The van der Waals surface area contributed by atoms with Gasteiger partial charge < -0.3 is 0 Å². The minimum absolute atomic E-state index is 0.166. The number of aryl methyl sites for hydroxylation is 2. The van der Waals surface area contributed by atoms with E-state index in [9.17, 15) is 4.39 Å². The molecule has 1 aromatic rings. The summed E-state index contributed by atoms with van der Waals surface area (Å²) >= 11 is 0. The fourth-order valence-electron chi connectivity index (χ4n) is 7.96. The minimum atomic E-state index is -0.166. The van der Waals surface area contributed by atoms with E-state index < -0.39 is 0 Å². The molecule has 0 bridgehead atoms. The number of halogens is 1. The number of alkyl halides is 1. The summed E-state index contributed by atoms with van der Waals surface area (Å²) < 4.78 is 12.2. The van der Waals surface area contributed by atoms with Gasteiger partial charge in [0.1, 0.15) is 0 Å². The summed E-state index contributed by atoms with van der Waals surface area (Å²) in [5, 5.41) is 0. The summed E-state index contributed by atoms with van der Waals surface area (Å²) in [6, 6.07) is 9.32. The molecule has 35 heavy (non-hydrogen) atoms. The van der Waals surface area contributed by atoms with Crippen LogP contribution in [0, 0.1) is 35.5 Å². The van der Waals surface area contributed by atoms with Gasteiger partial charge in [0.25, 0.3) is 0 Å². The third kappa shape index (κ3) is 8.46. The molecule has 3 saturated carbocycles. The average molecular weight is 481 g/mol. The Kier molecular flexibility index (Phi) is 11.2. The Morgan fingerprint density at radius 3 is 1.63 bits per heavy atom. The predicted octanol–water partition coefficient (Wildman–Crippen LogP) is 10.3. The van der Waals surface area contributed by atoms with Crippen LogP contribution in [0.2, 0.25) is 0 Å². The number of hydrogen-bond donors (Lipinski definition) is 0. The molecule has 3 aliphatic carbocycles. The Morgan fingerprint density at radius 1 is 0.629 bits per heavy atom. The number of allylic oxidation sites excluding steroid dienone is 2. The highest BCUT2D eigenvalue weighted by Crippen LogP contribution is 2.46. The van der Waals surface area contributed by atoms with Gasteiger partial charge in [0.15, 0.2) is 0 Å². The average Bonchev–Trinajstić information content (AvgIpc) is 2.92. The van der Waals surface area contributed by atoms with Crippen molar-refractivity contribution in [3.63, 3.8) is 0 Å². The summed E-state index contributed by atoms with van der Waals surface area (Å²) in [6.45, 7) is 2.02. The molecule has 3 fully saturated rings. The Morgan fingerprint density at radius 2 is 1.11 bits per heavy atom. The van der Waals surface area contributed by atoms with Crippen molar-refractivity contribution in [2.45, 2.75) is 122 Å². The van der Waals surface area contributed by atoms with Gasteiger partial charge in [0.2, 0.25) is 0 Å². The summed E-state index contributed by atoms with van der Waals surface area (Å²) in [5.74, 6) is 6.01. The lowest BCUT2D eigenvalue weighted by Gasteiger charge is -2.41. The van der Waals surface area contributed by atoms with Gasteiger partial charge in [0.05, 0.1) is 6.67 Å². The van der Waals surface area contributed by atoms with E-state index in [0.717, 1.165) is 61.2 Å². The zero-order chi connectivity index (χ0) is 24.3. The Hall–Kier alpha value is -1.11. The molecule has 0 aromatic heterocycles. The van der Waals surface area contributed by atoms with Crippen molar-refractivity contribution in [1.82, 2.24) is 0 Å². The lowest BCUT2D eigenvalue weighted by Crippen LogP contribution is -2.29. The maximum absolute atomic E-state index is 12.2. The molecular weight excluding hydrogens is 427 g/mol. The number of rotatable bonds is 11. The van der Waals surface area contributed by atoms with Crippen molar-refractivity contribution in [2.24, 2.45) is 35.5 Å². The minimum Gasteiger partial charge on any atom is -0.251 e. The summed E-state index contributed by atoms with van der Waals surface area (Å²) in [5.41, 5.74) is 2.93. The van der Waals surface area contributed by atoms with Crippen LogP contribution in [0.3, 0.4) is 0 Å². The first-order valence-electron chi connectivity index (χ1n) is 15.5. The SMILES string of the molecule is C/C=C\C1CCC(C2CCC(C3CCC(CCc4ccc(CCCCCF)cc4)CC3)CC2)CC1. The van der Waals surface area contributed by atoms with Crippen LogP contribution >= 0.6 is 0 Å². The first-order valence-corrected chi connectivity index (χ1v) is 15.5. The molecule has 0 aliphatic heterocycles. The molecule has 0 radical (unpaired) electrons. The molecule has 4 rings (SSSR count). The van der Waals surface area contributed by atoms with E-state index in [2.05, 4.69) is 43.3 Å². The maximum Gasteiger partial charge on any atom is 0.0894 e. The topological polar surface area (TPSA) is 0 Å². The Labute approximate surface area is 216 Å². The van der Waals surface area contributed by atoms with Crippen LogP contribution < -0.4 is 0 Å². The molecule has 0 N–H and O–H groups in total. The van der Waals surface area contributed by atoms with Crippen molar-refractivity contribution in [1.29, 1.82) is 0 Å². The molecule has 0 amide bonds. The van der Waals surface area contributed by atoms with Crippen LogP contribution in [0.25, 0.3) is 0 Å². The highest BCUT2D eigenvalue weighted by atomic mass is 19.1. The highest BCUT2D eigenvalue weighted by Gasteiger charge is 2.34. The van der Waals surface area contributed by atoms with Gasteiger partial charge in [-0.15, -0.1) is 0 Å². The normalized spacial score (nSPS) is 32.2. The van der Waals surface area contributed by atoms with Gasteiger partial charge >= 0.3 is 0 Å². The van der Waals surface area contributed by atoms with Crippen molar-refractivity contribution in [3.8, 4) is 0 Å². The van der Waals surface area contributed by atoms with Crippen molar-refractivity contribution in [2.75, 3.05) is 6.67 Å². The predicted molar refractivity (Wildman–Crippen MR) is 149 cm³/mol. The molecular formula is C34H53F. The second-order valence-electron chi connectivity index (χ2n) is 12.5. The fraction of sp³-hybridized carbons (Fsp3) is 0.765. The van der Waals surface area contributed by atoms with E-state index in [1.54, 1.807) is 0 Å².